The zero-order valence-electron chi connectivity index (χ0n) is 12.4. The Labute approximate surface area is 127 Å². The van der Waals surface area contributed by atoms with Crippen LogP contribution in [0.4, 0.5) is 0 Å². The third-order valence-electron chi connectivity index (χ3n) is 3.21. The molecule has 2 rings (SSSR count). The van der Waals surface area contributed by atoms with Gasteiger partial charge >= 0.3 is 0 Å². The van der Waals surface area contributed by atoms with Gasteiger partial charge in [-0.25, -0.2) is 0 Å². The molecular formula is C19H21NO. The van der Waals surface area contributed by atoms with Crippen molar-refractivity contribution < 1.29 is 4.74 Å². The Kier molecular flexibility index (Phi) is 5.87. The predicted octanol–water partition coefficient (Wildman–Crippen LogP) is 4.37. The summed E-state index contributed by atoms with van der Waals surface area (Å²) in [6, 6.07) is 18.0. The van der Waals surface area contributed by atoms with Crippen LogP contribution in [0.25, 0.3) is 0 Å². The highest BCUT2D eigenvalue weighted by Crippen LogP contribution is 2.21. The molecule has 1 atom stereocenters. The summed E-state index contributed by atoms with van der Waals surface area (Å²) in [7, 11) is 0. The molecule has 0 aliphatic rings. The second-order valence-electron chi connectivity index (χ2n) is 4.95. The Balaban J connectivity index is 1.96. The zero-order chi connectivity index (χ0) is 14.9. The fraction of sp³-hybridized carbons (Fsp3) is 0.263. The lowest BCUT2D eigenvalue weighted by molar-refractivity contribution is 0.481. The third kappa shape index (κ3) is 4.98. The molecule has 2 aromatic rings. The molecule has 0 radical (unpaired) electrons. The van der Waals surface area contributed by atoms with Gasteiger partial charge < -0.3 is 4.74 Å². The lowest BCUT2D eigenvalue weighted by atomic mass is 10.1. The summed E-state index contributed by atoms with van der Waals surface area (Å²) < 4.78 is 5.83. The topological polar surface area (TPSA) is 21.3 Å². The van der Waals surface area contributed by atoms with Crippen LogP contribution in [0.3, 0.4) is 0 Å². The number of rotatable bonds is 7. The van der Waals surface area contributed by atoms with Gasteiger partial charge in [-0.15, -0.1) is 6.42 Å². The van der Waals surface area contributed by atoms with Crippen molar-refractivity contribution in [2.24, 2.45) is 0 Å². The van der Waals surface area contributed by atoms with E-state index in [1.54, 1.807) is 0 Å². The molecule has 2 aromatic carbocycles. The van der Waals surface area contributed by atoms with E-state index in [1.807, 2.05) is 48.5 Å². The van der Waals surface area contributed by atoms with Gasteiger partial charge in [0.15, 0.2) is 0 Å². The van der Waals surface area contributed by atoms with Crippen molar-refractivity contribution in [3.8, 4) is 23.8 Å². The minimum atomic E-state index is 0.133. The standard InChI is InChI=1S/C19H21NO/c1-3-9-17(4-2)20-15-16-10-8-13-19(14-16)21-18-11-6-5-7-12-18/h2,5-8,10-14,17,20H,3,9,15H2,1H3. The van der Waals surface area contributed by atoms with E-state index in [0.29, 0.717) is 0 Å². The van der Waals surface area contributed by atoms with Gasteiger partial charge in [0.1, 0.15) is 11.5 Å². The van der Waals surface area contributed by atoms with Crippen molar-refractivity contribution in [1.82, 2.24) is 5.32 Å². The maximum absolute atomic E-state index is 5.83. The largest absolute Gasteiger partial charge is 0.457 e. The SMILES string of the molecule is C#CC(CCC)NCc1cccc(Oc2ccccc2)c1. The highest BCUT2D eigenvalue weighted by Gasteiger charge is 2.04. The molecule has 0 spiro atoms. The molecule has 0 aliphatic carbocycles. The molecule has 2 heteroatoms. The Bertz CT molecular complexity index is 586. The minimum Gasteiger partial charge on any atom is -0.457 e. The molecule has 0 bridgehead atoms. The molecule has 0 amide bonds. The summed E-state index contributed by atoms with van der Waals surface area (Å²) >= 11 is 0. The molecule has 0 saturated carbocycles. The van der Waals surface area contributed by atoms with Crippen molar-refractivity contribution in [3.63, 3.8) is 0 Å². The smallest absolute Gasteiger partial charge is 0.127 e. The zero-order valence-corrected chi connectivity index (χ0v) is 12.4. The number of ether oxygens (including phenoxy) is 1. The molecule has 2 nitrogen and oxygen atoms in total. The fourth-order valence-electron chi connectivity index (χ4n) is 2.12. The van der Waals surface area contributed by atoms with E-state index >= 15 is 0 Å². The average Bonchev–Trinajstić information content (AvgIpc) is 2.53. The van der Waals surface area contributed by atoms with E-state index in [4.69, 9.17) is 11.2 Å². The van der Waals surface area contributed by atoms with E-state index < -0.39 is 0 Å². The molecule has 1 unspecified atom stereocenters. The van der Waals surface area contributed by atoms with Gasteiger partial charge in [0, 0.05) is 6.54 Å². The van der Waals surface area contributed by atoms with E-state index in [2.05, 4.69) is 24.2 Å². The van der Waals surface area contributed by atoms with Crippen LogP contribution in [-0.4, -0.2) is 6.04 Å². The van der Waals surface area contributed by atoms with Crippen molar-refractivity contribution in [1.29, 1.82) is 0 Å². The first kappa shape index (κ1) is 15.2. The van der Waals surface area contributed by atoms with Gasteiger partial charge in [0.2, 0.25) is 0 Å². The first-order valence-corrected chi connectivity index (χ1v) is 7.33. The highest BCUT2D eigenvalue weighted by atomic mass is 16.5. The van der Waals surface area contributed by atoms with Crippen LogP contribution in [0, 0.1) is 12.3 Å². The normalized spacial score (nSPS) is 11.6. The van der Waals surface area contributed by atoms with Gasteiger partial charge in [-0.05, 0) is 36.2 Å². The van der Waals surface area contributed by atoms with Crippen LogP contribution in [-0.2, 0) is 6.54 Å². The number of nitrogens with one attached hydrogen (secondary N) is 1. The van der Waals surface area contributed by atoms with E-state index in [1.165, 1.54) is 5.56 Å². The van der Waals surface area contributed by atoms with E-state index in [-0.39, 0.29) is 6.04 Å². The third-order valence-corrected chi connectivity index (χ3v) is 3.21. The Morgan fingerprint density at radius 2 is 1.86 bits per heavy atom. The van der Waals surface area contributed by atoms with Crippen molar-refractivity contribution >= 4 is 0 Å². The number of hydrogen-bond acceptors (Lipinski definition) is 2. The molecule has 0 saturated heterocycles. The lowest BCUT2D eigenvalue weighted by Gasteiger charge is -2.13. The first-order chi connectivity index (χ1) is 10.3. The van der Waals surface area contributed by atoms with Crippen molar-refractivity contribution in [3.05, 3.63) is 60.2 Å². The molecular weight excluding hydrogens is 258 g/mol. The van der Waals surface area contributed by atoms with Crippen LogP contribution in [0.2, 0.25) is 0 Å². The second-order valence-corrected chi connectivity index (χ2v) is 4.95. The summed E-state index contributed by atoms with van der Waals surface area (Å²) in [4.78, 5) is 0. The number of terminal acetylenes is 1. The molecule has 21 heavy (non-hydrogen) atoms. The number of benzene rings is 2. The Hall–Kier alpha value is -2.24. The van der Waals surface area contributed by atoms with Crippen LogP contribution < -0.4 is 10.1 Å². The van der Waals surface area contributed by atoms with Gasteiger partial charge in [-0.2, -0.15) is 0 Å². The van der Waals surface area contributed by atoms with Crippen LogP contribution in [0.1, 0.15) is 25.3 Å². The van der Waals surface area contributed by atoms with E-state index in [0.717, 1.165) is 30.9 Å². The quantitative estimate of drug-likeness (QED) is 0.760. The van der Waals surface area contributed by atoms with Gasteiger partial charge in [0.25, 0.3) is 0 Å². The summed E-state index contributed by atoms with van der Waals surface area (Å²) in [5.74, 6) is 4.47. The summed E-state index contributed by atoms with van der Waals surface area (Å²) in [6.45, 7) is 2.89. The van der Waals surface area contributed by atoms with Crippen LogP contribution >= 0.6 is 0 Å². The summed E-state index contributed by atoms with van der Waals surface area (Å²) in [5.41, 5.74) is 1.17. The monoisotopic (exact) mass is 279 g/mol. The highest BCUT2D eigenvalue weighted by molar-refractivity contribution is 5.33. The van der Waals surface area contributed by atoms with Crippen LogP contribution in [0.15, 0.2) is 54.6 Å². The van der Waals surface area contributed by atoms with Gasteiger partial charge in [-0.3, -0.25) is 5.32 Å². The molecule has 0 heterocycles. The number of para-hydroxylation sites is 1. The molecule has 0 fully saturated rings. The summed E-state index contributed by atoms with van der Waals surface area (Å²) in [5, 5.41) is 3.39. The first-order valence-electron chi connectivity index (χ1n) is 7.33. The lowest BCUT2D eigenvalue weighted by Crippen LogP contribution is -2.26. The van der Waals surface area contributed by atoms with E-state index in [9.17, 15) is 0 Å². The van der Waals surface area contributed by atoms with Gasteiger partial charge in [-0.1, -0.05) is 49.6 Å². The number of hydrogen-bond donors (Lipinski definition) is 1. The maximum atomic E-state index is 5.83. The Morgan fingerprint density at radius 3 is 2.57 bits per heavy atom. The van der Waals surface area contributed by atoms with Crippen molar-refractivity contribution in [2.45, 2.75) is 32.4 Å². The summed E-state index contributed by atoms with van der Waals surface area (Å²) in [6.07, 6.45) is 7.60. The maximum Gasteiger partial charge on any atom is 0.127 e. The second kappa shape index (κ2) is 8.14. The fourth-order valence-corrected chi connectivity index (χ4v) is 2.12. The van der Waals surface area contributed by atoms with Crippen molar-refractivity contribution in [2.75, 3.05) is 0 Å². The Morgan fingerprint density at radius 1 is 1.10 bits per heavy atom. The molecule has 108 valence electrons. The van der Waals surface area contributed by atoms with Gasteiger partial charge in [0.05, 0.1) is 6.04 Å². The minimum absolute atomic E-state index is 0.133. The molecule has 0 aromatic heterocycles. The average molecular weight is 279 g/mol. The molecule has 0 aliphatic heterocycles. The predicted molar refractivity (Wildman–Crippen MR) is 87.3 cm³/mol. The van der Waals surface area contributed by atoms with Crippen LogP contribution in [0.5, 0.6) is 11.5 Å². The molecule has 1 N–H and O–H groups in total.